The third-order valence-corrected chi connectivity index (χ3v) is 2.55. The molecule has 1 aromatic carbocycles. The van der Waals surface area contributed by atoms with Crippen molar-refractivity contribution in [3.8, 4) is 23.1 Å². The van der Waals surface area contributed by atoms with E-state index in [0.29, 0.717) is 28.7 Å². The number of furan rings is 1. The fraction of sp³-hybridized carbons (Fsp3) is 0.0769. The lowest BCUT2D eigenvalue weighted by Gasteiger charge is -2.06. The summed E-state index contributed by atoms with van der Waals surface area (Å²) in [5, 5.41) is 18.6. The molecule has 0 radical (unpaired) electrons. The zero-order valence-corrected chi connectivity index (χ0v) is 9.10. The summed E-state index contributed by atoms with van der Waals surface area (Å²) in [6.07, 6.45) is 0.591. The van der Waals surface area contributed by atoms with Crippen LogP contribution in [0.1, 0.15) is 21.7 Å². The summed E-state index contributed by atoms with van der Waals surface area (Å²) < 4.78 is 5.27. The van der Waals surface area contributed by atoms with E-state index < -0.39 is 0 Å². The fourth-order valence-corrected chi connectivity index (χ4v) is 1.66. The van der Waals surface area contributed by atoms with Crippen molar-refractivity contribution in [2.45, 2.75) is 6.92 Å². The zero-order valence-electron chi connectivity index (χ0n) is 9.10. The fourth-order valence-electron chi connectivity index (χ4n) is 1.66. The lowest BCUT2D eigenvalue weighted by molar-refractivity contribution is 0.110. The first-order valence-corrected chi connectivity index (χ1v) is 4.95. The number of hydrogen-bond donors (Lipinski definition) is 1. The Morgan fingerprint density at radius 2 is 2.12 bits per heavy atom. The topological polar surface area (TPSA) is 74.2 Å². The number of aromatic hydroxyl groups is 1. The maximum absolute atomic E-state index is 10.5. The number of rotatable bonds is 2. The number of nitriles is 1. The molecule has 84 valence electrons. The van der Waals surface area contributed by atoms with Crippen molar-refractivity contribution in [2.24, 2.45) is 0 Å². The first-order chi connectivity index (χ1) is 8.17. The van der Waals surface area contributed by atoms with E-state index in [1.54, 1.807) is 13.0 Å². The van der Waals surface area contributed by atoms with Gasteiger partial charge in [0.1, 0.15) is 11.5 Å². The van der Waals surface area contributed by atoms with Crippen LogP contribution >= 0.6 is 0 Å². The van der Waals surface area contributed by atoms with Crippen molar-refractivity contribution in [1.82, 2.24) is 0 Å². The van der Waals surface area contributed by atoms with Crippen LogP contribution in [-0.4, -0.2) is 11.4 Å². The molecule has 4 heteroatoms. The Morgan fingerprint density at radius 1 is 1.35 bits per heavy atom. The summed E-state index contributed by atoms with van der Waals surface area (Å²) in [6, 6.07) is 8.13. The van der Waals surface area contributed by atoms with Gasteiger partial charge in [-0.2, -0.15) is 5.26 Å². The quantitative estimate of drug-likeness (QED) is 0.800. The van der Waals surface area contributed by atoms with Gasteiger partial charge in [0, 0.05) is 11.1 Å². The Bertz CT molecular complexity index is 620. The van der Waals surface area contributed by atoms with Gasteiger partial charge in [0.2, 0.25) is 0 Å². The second kappa shape index (κ2) is 4.14. The van der Waals surface area contributed by atoms with Crippen LogP contribution in [0.4, 0.5) is 0 Å². The average molecular weight is 227 g/mol. The van der Waals surface area contributed by atoms with Crippen LogP contribution in [0.2, 0.25) is 0 Å². The molecule has 0 unspecified atom stereocenters. The molecule has 1 aromatic heterocycles. The number of phenols is 1. The number of carbonyl (C=O) groups is 1. The molecule has 0 saturated carbocycles. The molecule has 4 nitrogen and oxygen atoms in total. The van der Waals surface area contributed by atoms with Crippen LogP contribution in [0.25, 0.3) is 11.3 Å². The molecular weight excluding hydrogens is 218 g/mol. The molecule has 0 aliphatic heterocycles. The van der Waals surface area contributed by atoms with E-state index in [9.17, 15) is 9.90 Å². The van der Waals surface area contributed by atoms with Gasteiger partial charge >= 0.3 is 0 Å². The molecule has 2 rings (SSSR count). The molecule has 0 aliphatic carbocycles. The van der Waals surface area contributed by atoms with Crippen molar-refractivity contribution in [2.75, 3.05) is 0 Å². The van der Waals surface area contributed by atoms with Crippen molar-refractivity contribution in [3.05, 3.63) is 41.2 Å². The van der Waals surface area contributed by atoms with E-state index in [1.165, 1.54) is 18.2 Å². The van der Waals surface area contributed by atoms with Crippen LogP contribution < -0.4 is 0 Å². The molecule has 0 bridgehead atoms. The van der Waals surface area contributed by atoms with Gasteiger partial charge in [-0.05, 0) is 31.2 Å². The predicted molar refractivity (Wildman–Crippen MR) is 60.6 cm³/mol. The molecule has 0 aliphatic rings. The first kappa shape index (κ1) is 11.0. The highest BCUT2D eigenvalue weighted by Crippen LogP contribution is 2.33. The molecular formula is C13H9NO3. The smallest absolute Gasteiger partial charge is 0.185 e. The number of nitrogens with zero attached hydrogens (tertiary/aromatic N) is 1. The van der Waals surface area contributed by atoms with Gasteiger partial charge in [-0.15, -0.1) is 0 Å². The highest BCUT2D eigenvalue weighted by Gasteiger charge is 2.14. The van der Waals surface area contributed by atoms with E-state index in [1.807, 2.05) is 6.07 Å². The van der Waals surface area contributed by atoms with Gasteiger partial charge in [0.25, 0.3) is 0 Å². The third kappa shape index (κ3) is 1.79. The van der Waals surface area contributed by atoms with E-state index in [2.05, 4.69) is 0 Å². The third-order valence-electron chi connectivity index (χ3n) is 2.55. The highest BCUT2D eigenvalue weighted by molar-refractivity contribution is 5.76. The summed E-state index contributed by atoms with van der Waals surface area (Å²) in [4.78, 5) is 10.5. The predicted octanol–water partition coefficient (Wildman–Crippen LogP) is 2.64. The van der Waals surface area contributed by atoms with Crippen LogP contribution in [0.3, 0.4) is 0 Å². The molecule has 2 aromatic rings. The molecule has 0 atom stereocenters. The normalized spacial score (nSPS) is 9.88. The van der Waals surface area contributed by atoms with Crippen molar-refractivity contribution < 1.29 is 14.3 Å². The van der Waals surface area contributed by atoms with Crippen LogP contribution in [0.5, 0.6) is 5.75 Å². The van der Waals surface area contributed by atoms with Crippen LogP contribution in [-0.2, 0) is 0 Å². The number of carbonyl (C=O) groups excluding carboxylic acids is 1. The van der Waals surface area contributed by atoms with Gasteiger partial charge < -0.3 is 9.52 Å². The van der Waals surface area contributed by atoms with E-state index in [4.69, 9.17) is 9.68 Å². The summed E-state index contributed by atoms with van der Waals surface area (Å²) in [5.41, 5.74) is 1.46. The Morgan fingerprint density at radius 3 is 2.71 bits per heavy atom. The number of hydrogen-bond acceptors (Lipinski definition) is 4. The summed E-state index contributed by atoms with van der Waals surface area (Å²) in [6.45, 7) is 1.69. The molecule has 0 amide bonds. The second-order valence-corrected chi connectivity index (χ2v) is 3.56. The zero-order chi connectivity index (χ0) is 12.4. The molecule has 17 heavy (non-hydrogen) atoms. The second-order valence-electron chi connectivity index (χ2n) is 3.56. The average Bonchev–Trinajstić information content (AvgIpc) is 2.80. The lowest BCUT2D eigenvalue weighted by Crippen LogP contribution is -1.88. The Hall–Kier alpha value is -2.54. The van der Waals surface area contributed by atoms with Crippen molar-refractivity contribution in [3.63, 3.8) is 0 Å². The standard InChI is InChI=1S/C13H9NO3/c1-8-11(16)4-2-9(6-14)13(8)12-5-3-10(7-15)17-12/h2-5,7,16H,1H3. The van der Waals surface area contributed by atoms with Crippen molar-refractivity contribution >= 4 is 6.29 Å². The molecule has 0 spiro atoms. The van der Waals surface area contributed by atoms with E-state index in [-0.39, 0.29) is 11.5 Å². The Balaban J connectivity index is 2.69. The summed E-state index contributed by atoms with van der Waals surface area (Å²) >= 11 is 0. The first-order valence-electron chi connectivity index (χ1n) is 4.95. The monoisotopic (exact) mass is 227 g/mol. The lowest BCUT2D eigenvalue weighted by atomic mass is 10.00. The SMILES string of the molecule is Cc1c(O)ccc(C#N)c1-c1ccc(C=O)o1. The van der Waals surface area contributed by atoms with Crippen LogP contribution in [0, 0.1) is 18.3 Å². The maximum atomic E-state index is 10.5. The number of phenolic OH excluding ortho intramolecular Hbond substituents is 1. The Labute approximate surface area is 97.7 Å². The minimum Gasteiger partial charge on any atom is -0.508 e. The van der Waals surface area contributed by atoms with Crippen LogP contribution in [0.15, 0.2) is 28.7 Å². The van der Waals surface area contributed by atoms with E-state index in [0.717, 1.165) is 0 Å². The minimum atomic E-state index is 0.0862. The summed E-state index contributed by atoms with van der Waals surface area (Å²) in [7, 11) is 0. The minimum absolute atomic E-state index is 0.0862. The van der Waals surface area contributed by atoms with Gasteiger partial charge in [-0.25, -0.2) is 0 Å². The van der Waals surface area contributed by atoms with Gasteiger partial charge in [0.15, 0.2) is 12.0 Å². The molecule has 0 saturated heterocycles. The largest absolute Gasteiger partial charge is 0.508 e. The molecule has 1 N–H and O–H groups in total. The maximum Gasteiger partial charge on any atom is 0.185 e. The number of aldehydes is 1. The Kier molecular flexibility index (Phi) is 2.67. The molecule has 0 fully saturated rings. The van der Waals surface area contributed by atoms with Crippen molar-refractivity contribution in [1.29, 1.82) is 5.26 Å². The summed E-state index contributed by atoms with van der Waals surface area (Å²) in [5.74, 6) is 0.673. The van der Waals surface area contributed by atoms with E-state index >= 15 is 0 Å². The highest BCUT2D eigenvalue weighted by atomic mass is 16.3. The van der Waals surface area contributed by atoms with Gasteiger partial charge in [-0.3, -0.25) is 4.79 Å². The van der Waals surface area contributed by atoms with Gasteiger partial charge in [0.05, 0.1) is 11.6 Å². The number of benzene rings is 1. The van der Waals surface area contributed by atoms with Gasteiger partial charge in [-0.1, -0.05) is 0 Å². The molecule has 1 heterocycles.